The molecule has 0 bridgehead atoms. The van der Waals surface area contributed by atoms with Gasteiger partial charge in [0.25, 0.3) is 0 Å². The first-order chi connectivity index (χ1) is 7.08. The van der Waals surface area contributed by atoms with Crippen LogP contribution in [0.25, 0.3) is 0 Å². The van der Waals surface area contributed by atoms with Gasteiger partial charge >= 0.3 is 0 Å². The molecule has 82 valence electrons. The molecule has 1 aromatic rings. The van der Waals surface area contributed by atoms with E-state index in [1.807, 2.05) is 0 Å². The van der Waals surface area contributed by atoms with E-state index in [0.717, 1.165) is 18.9 Å². The van der Waals surface area contributed by atoms with Crippen molar-refractivity contribution in [1.29, 1.82) is 0 Å². The molecule has 1 fully saturated rings. The van der Waals surface area contributed by atoms with Crippen LogP contribution in [0.1, 0.15) is 24.4 Å². The number of halogens is 2. The Hall–Kier alpha value is -1.00. The molecule has 0 spiro atoms. The quantitative estimate of drug-likeness (QED) is 0.803. The van der Waals surface area contributed by atoms with Crippen molar-refractivity contribution in [2.45, 2.75) is 25.0 Å². The van der Waals surface area contributed by atoms with E-state index >= 15 is 0 Å². The minimum Gasteiger partial charge on any atom is -0.391 e. The third kappa shape index (κ3) is 2.33. The lowest BCUT2D eigenvalue weighted by molar-refractivity contribution is 0.122. The van der Waals surface area contributed by atoms with E-state index in [9.17, 15) is 13.9 Å². The second-order valence-corrected chi connectivity index (χ2v) is 4.06. The molecule has 1 aliphatic rings. The molecule has 2 rings (SSSR count). The first kappa shape index (κ1) is 10.5. The highest BCUT2D eigenvalue weighted by Gasteiger charge is 2.34. The van der Waals surface area contributed by atoms with E-state index in [1.54, 1.807) is 0 Å². The summed E-state index contributed by atoms with van der Waals surface area (Å²) < 4.78 is 25.8. The number of hydrogen-bond donors (Lipinski definition) is 2. The van der Waals surface area contributed by atoms with Gasteiger partial charge in [-0.3, -0.25) is 0 Å². The van der Waals surface area contributed by atoms with Crippen molar-refractivity contribution >= 4 is 0 Å². The molecule has 3 N–H and O–H groups in total. The average Bonchev–Trinajstić information content (AvgIpc) is 2.97. The molecule has 1 aliphatic carbocycles. The van der Waals surface area contributed by atoms with Gasteiger partial charge in [-0.15, -0.1) is 0 Å². The summed E-state index contributed by atoms with van der Waals surface area (Å²) in [6.07, 6.45) is 1.17. The van der Waals surface area contributed by atoms with Crippen molar-refractivity contribution in [1.82, 2.24) is 0 Å². The number of benzene rings is 1. The van der Waals surface area contributed by atoms with Gasteiger partial charge in [0.1, 0.15) is 11.6 Å². The summed E-state index contributed by atoms with van der Waals surface area (Å²) >= 11 is 0. The SMILES string of the molecule is N[C@H](c1cc(F)cc(F)c1)[C@@H](O)C1CC1. The van der Waals surface area contributed by atoms with Crippen LogP contribution in [0.15, 0.2) is 18.2 Å². The Kier molecular flexibility index (Phi) is 2.71. The van der Waals surface area contributed by atoms with Crippen LogP contribution in [0.4, 0.5) is 8.78 Å². The first-order valence-electron chi connectivity index (χ1n) is 4.97. The number of rotatable bonds is 3. The molecule has 1 aromatic carbocycles. The fourth-order valence-corrected chi connectivity index (χ4v) is 1.70. The number of aliphatic hydroxyl groups is 1. The summed E-state index contributed by atoms with van der Waals surface area (Å²) in [6, 6.07) is 2.42. The maximum Gasteiger partial charge on any atom is 0.126 e. The molecule has 0 aliphatic heterocycles. The normalized spacial score (nSPS) is 20.0. The molecule has 15 heavy (non-hydrogen) atoms. The van der Waals surface area contributed by atoms with Crippen molar-refractivity contribution < 1.29 is 13.9 Å². The zero-order valence-corrected chi connectivity index (χ0v) is 8.16. The monoisotopic (exact) mass is 213 g/mol. The molecule has 0 aromatic heterocycles. The minimum absolute atomic E-state index is 0.186. The predicted molar refractivity (Wildman–Crippen MR) is 52.0 cm³/mol. The van der Waals surface area contributed by atoms with Crippen molar-refractivity contribution in [2.24, 2.45) is 11.7 Å². The van der Waals surface area contributed by atoms with Gasteiger partial charge in [-0.25, -0.2) is 8.78 Å². The van der Waals surface area contributed by atoms with Crippen molar-refractivity contribution in [3.63, 3.8) is 0 Å². The fraction of sp³-hybridized carbons (Fsp3) is 0.455. The maximum atomic E-state index is 12.9. The van der Waals surface area contributed by atoms with Crippen LogP contribution < -0.4 is 5.73 Å². The molecule has 0 amide bonds. The summed E-state index contributed by atoms with van der Waals surface area (Å²) in [5.41, 5.74) is 6.05. The summed E-state index contributed by atoms with van der Waals surface area (Å²) in [5, 5.41) is 9.72. The Balaban J connectivity index is 2.19. The van der Waals surface area contributed by atoms with Gasteiger partial charge in [-0.2, -0.15) is 0 Å². The van der Waals surface area contributed by atoms with Crippen LogP contribution in [0, 0.1) is 17.6 Å². The molecule has 0 saturated heterocycles. The Morgan fingerprint density at radius 3 is 2.20 bits per heavy atom. The Morgan fingerprint density at radius 1 is 1.20 bits per heavy atom. The van der Waals surface area contributed by atoms with E-state index in [-0.39, 0.29) is 5.92 Å². The van der Waals surface area contributed by atoms with Gasteiger partial charge in [0.2, 0.25) is 0 Å². The van der Waals surface area contributed by atoms with E-state index in [2.05, 4.69) is 0 Å². The van der Waals surface area contributed by atoms with Crippen LogP contribution in [0.2, 0.25) is 0 Å². The molecule has 2 nitrogen and oxygen atoms in total. The van der Waals surface area contributed by atoms with Gasteiger partial charge in [0.05, 0.1) is 12.1 Å². The highest BCUT2D eigenvalue weighted by molar-refractivity contribution is 5.22. The summed E-state index contributed by atoms with van der Waals surface area (Å²) in [4.78, 5) is 0. The van der Waals surface area contributed by atoms with Crippen molar-refractivity contribution in [2.75, 3.05) is 0 Å². The lowest BCUT2D eigenvalue weighted by Gasteiger charge is -2.18. The van der Waals surface area contributed by atoms with Crippen LogP contribution in [0.5, 0.6) is 0 Å². The summed E-state index contributed by atoms with van der Waals surface area (Å²) in [7, 11) is 0. The smallest absolute Gasteiger partial charge is 0.126 e. The molecular formula is C11H13F2NO. The molecule has 1 saturated carbocycles. The Morgan fingerprint density at radius 2 is 1.73 bits per heavy atom. The van der Waals surface area contributed by atoms with Crippen LogP contribution in [-0.2, 0) is 0 Å². The zero-order valence-electron chi connectivity index (χ0n) is 8.16. The number of aliphatic hydroxyl groups excluding tert-OH is 1. The highest BCUT2D eigenvalue weighted by Crippen LogP contribution is 2.37. The summed E-state index contributed by atoms with van der Waals surface area (Å²) in [6.45, 7) is 0. The highest BCUT2D eigenvalue weighted by atomic mass is 19.1. The fourth-order valence-electron chi connectivity index (χ4n) is 1.70. The van der Waals surface area contributed by atoms with Gasteiger partial charge in [0.15, 0.2) is 0 Å². The second-order valence-electron chi connectivity index (χ2n) is 4.06. The molecule has 2 atom stereocenters. The first-order valence-corrected chi connectivity index (χ1v) is 4.97. The molecular weight excluding hydrogens is 200 g/mol. The number of nitrogens with two attached hydrogens (primary N) is 1. The maximum absolute atomic E-state index is 12.9. The van der Waals surface area contributed by atoms with Crippen LogP contribution in [0.3, 0.4) is 0 Å². The lowest BCUT2D eigenvalue weighted by atomic mass is 9.99. The van der Waals surface area contributed by atoms with Gasteiger partial charge in [-0.05, 0) is 36.5 Å². The van der Waals surface area contributed by atoms with E-state index in [0.29, 0.717) is 5.56 Å². The molecule has 0 heterocycles. The number of hydrogen-bond acceptors (Lipinski definition) is 2. The van der Waals surface area contributed by atoms with E-state index in [4.69, 9.17) is 5.73 Å². The predicted octanol–water partition coefficient (Wildman–Crippen LogP) is 1.74. The third-order valence-corrected chi connectivity index (χ3v) is 2.74. The van der Waals surface area contributed by atoms with Gasteiger partial charge in [0, 0.05) is 6.07 Å². The van der Waals surface area contributed by atoms with Crippen molar-refractivity contribution in [3.8, 4) is 0 Å². The van der Waals surface area contributed by atoms with E-state index in [1.165, 1.54) is 12.1 Å². The van der Waals surface area contributed by atoms with Crippen LogP contribution in [-0.4, -0.2) is 11.2 Å². The Labute approximate surface area is 86.7 Å². The standard InChI is InChI=1S/C11H13F2NO/c12-8-3-7(4-9(13)5-8)10(14)11(15)6-1-2-6/h3-6,10-11,15H,1-2,14H2/t10-,11+/m1/s1. The largest absolute Gasteiger partial charge is 0.391 e. The zero-order chi connectivity index (χ0) is 11.0. The molecule has 0 unspecified atom stereocenters. The van der Waals surface area contributed by atoms with E-state index < -0.39 is 23.8 Å². The lowest BCUT2D eigenvalue weighted by Crippen LogP contribution is -2.28. The van der Waals surface area contributed by atoms with Gasteiger partial charge in [-0.1, -0.05) is 0 Å². The third-order valence-electron chi connectivity index (χ3n) is 2.74. The molecule has 4 heteroatoms. The van der Waals surface area contributed by atoms with Crippen LogP contribution >= 0.6 is 0 Å². The molecule has 0 radical (unpaired) electrons. The Bertz CT molecular complexity index is 345. The minimum atomic E-state index is -0.706. The average molecular weight is 213 g/mol. The summed E-state index contributed by atoms with van der Waals surface area (Å²) in [5.74, 6) is -1.14. The van der Waals surface area contributed by atoms with Gasteiger partial charge < -0.3 is 10.8 Å². The van der Waals surface area contributed by atoms with Crippen molar-refractivity contribution in [3.05, 3.63) is 35.4 Å². The topological polar surface area (TPSA) is 46.2 Å². The second kappa shape index (κ2) is 3.87.